The van der Waals surface area contributed by atoms with E-state index in [0.29, 0.717) is 18.2 Å². The molecule has 0 saturated carbocycles. The van der Waals surface area contributed by atoms with Crippen molar-refractivity contribution in [3.8, 4) is 5.95 Å². The van der Waals surface area contributed by atoms with Crippen molar-refractivity contribution >= 4 is 22.9 Å². The van der Waals surface area contributed by atoms with Crippen molar-refractivity contribution < 1.29 is 0 Å². The second-order valence-corrected chi connectivity index (χ2v) is 4.71. The molecule has 0 bridgehead atoms. The summed E-state index contributed by atoms with van der Waals surface area (Å²) in [6, 6.07) is 0. The SMILES string of the molecule is Clc1nc(Cc2nccs2)nc(-n2ccnc2)n1. The molecular weight excluding hydrogens is 272 g/mol. The summed E-state index contributed by atoms with van der Waals surface area (Å²) in [6.07, 6.45) is 7.30. The van der Waals surface area contributed by atoms with Gasteiger partial charge in [0.1, 0.15) is 17.2 Å². The van der Waals surface area contributed by atoms with E-state index < -0.39 is 0 Å². The predicted octanol–water partition coefficient (Wildman–Crippen LogP) is 1.76. The Kier molecular flexibility index (Phi) is 2.99. The lowest BCUT2D eigenvalue weighted by Gasteiger charge is -2.03. The van der Waals surface area contributed by atoms with Gasteiger partial charge in [-0.3, -0.25) is 4.57 Å². The minimum absolute atomic E-state index is 0.167. The largest absolute Gasteiger partial charge is 0.274 e. The molecule has 0 saturated heterocycles. The molecule has 90 valence electrons. The summed E-state index contributed by atoms with van der Waals surface area (Å²) in [5.41, 5.74) is 0. The van der Waals surface area contributed by atoms with E-state index >= 15 is 0 Å². The van der Waals surface area contributed by atoms with Gasteiger partial charge in [0.25, 0.3) is 0 Å². The van der Waals surface area contributed by atoms with Gasteiger partial charge < -0.3 is 0 Å². The summed E-state index contributed by atoms with van der Waals surface area (Å²) >= 11 is 7.45. The molecule has 0 amide bonds. The molecule has 0 aliphatic heterocycles. The number of halogens is 1. The quantitative estimate of drug-likeness (QED) is 0.730. The number of thiazole rings is 1. The number of hydrogen-bond acceptors (Lipinski definition) is 6. The third-order valence-electron chi connectivity index (χ3n) is 2.17. The fraction of sp³-hybridized carbons (Fsp3) is 0.100. The maximum atomic E-state index is 5.89. The highest BCUT2D eigenvalue weighted by molar-refractivity contribution is 7.09. The maximum Gasteiger partial charge on any atom is 0.239 e. The second-order valence-electron chi connectivity index (χ2n) is 3.39. The van der Waals surface area contributed by atoms with Crippen molar-refractivity contribution in [2.75, 3.05) is 0 Å². The monoisotopic (exact) mass is 278 g/mol. The van der Waals surface area contributed by atoms with Crippen molar-refractivity contribution in [1.29, 1.82) is 0 Å². The highest BCUT2D eigenvalue weighted by atomic mass is 35.5. The van der Waals surface area contributed by atoms with Crippen LogP contribution in [0.5, 0.6) is 0 Å². The zero-order chi connectivity index (χ0) is 12.4. The molecule has 0 radical (unpaired) electrons. The molecule has 3 aromatic heterocycles. The zero-order valence-corrected chi connectivity index (χ0v) is 10.6. The van der Waals surface area contributed by atoms with E-state index in [1.54, 1.807) is 40.8 Å². The number of rotatable bonds is 3. The minimum Gasteiger partial charge on any atom is -0.274 e. The zero-order valence-electron chi connectivity index (χ0n) is 9.06. The summed E-state index contributed by atoms with van der Waals surface area (Å²) in [6.45, 7) is 0. The van der Waals surface area contributed by atoms with Gasteiger partial charge in [-0.05, 0) is 11.6 Å². The van der Waals surface area contributed by atoms with E-state index in [9.17, 15) is 0 Å². The standard InChI is InChI=1S/C10H7ClN6S/c11-9-14-7(5-8-13-2-4-18-8)15-10(16-9)17-3-1-12-6-17/h1-4,6H,5H2. The minimum atomic E-state index is 0.167. The Morgan fingerprint density at radius 2 is 2.17 bits per heavy atom. The molecule has 0 aromatic carbocycles. The van der Waals surface area contributed by atoms with Gasteiger partial charge in [0, 0.05) is 24.0 Å². The van der Waals surface area contributed by atoms with Gasteiger partial charge in [0.05, 0.1) is 6.42 Å². The fourth-order valence-corrected chi connectivity index (χ4v) is 2.21. The number of aromatic nitrogens is 6. The molecule has 0 spiro atoms. The first-order valence-corrected chi connectivity index (χ1v) is 6.34. The lowest BCUT2D eigenvalue weighted by molar-refractivity contribution is 0.840. The highest BCUT2D eigenvalue weighted by Crippen LogP contribution is 2.12. The van der Waals surface area contributed by atoms with E-state index in [1.165, 1.54) is 0 Å². The van der Waals surface area contributed by atoms with Crippen LogP contribution in [0.2, 0.25) is 5.28 Å². The average molecular weight is 279 g/mol. The maximum absolute atomic E-state index is 5.89. The molecule has 0 aliphatic rings. The Balaban J connectivity index is 1.96. The molecule has 6 nitrogen and oxygen atoms in total. The van der Waals surface area contributed by atoms with Crippen LogP contribution in [-0.4, -0.2) is 29.5 Å². The molecule has 0 N–H and O–H groups in total. The van der Waals surface area contributed by atoms with Crippen LogP contribution in [0, 0.1) is 0 Å². The lowest BCUT2D eigenvalue weighted by atomic mass is 10.4. The third-order valence-corrected chi connectivity index (χ3v) is 3.12. The van der Waals surface area contributed by atoms with Crippen LogP contribution in [-0.2, 0) is 6.42 Å². The normalized spacial score (nSPS) is 10.7. The van der Waals surface area contributed by atoms with Crippen LogP contribution >= 0.6 is 22.9 Å². The molecule has 0 fully saturated rings. The summed E-state index contributed by atoms with van der Waals surface area (Å²) in [5, 5.41) is 3.02. The number of nitrogens with zero attached hydrogens (tertiary/aromatic N) is 6. The summed E-state index contributed by atoms with van der Waals surface area (Å²) in [4.78, 5) is 20.6. The van der Waals surface area contributed by atoms with Crippen LogP contribution in [0.1, 0.15) is 10.8 Å². The Bertz CT molecular complexity index is 636. The summed E-state index contributed by atoms with van der Waals surface area (Å²) in [5.74, 6) is 1.05. The van der Waals surface area contributed by atoms with Gasteiger partial charge in [0.2, 0.25) is 11.2 Å². The van der Waals surface area contributed by atoms with Crippen molar-refractivity contribution in [3.63, 3.8) is 0 Å². The third kappa shape index (κ3) is 2.36. The van der Waals surface area contributed by atoms with Crippen molar-refractivity contribution in [1.82, 2.24) is 29.5 Å². The van der Waals surface area contributed by atoms with E-state index in [-0.39, 0.29) is 5.28 Å². The lowest BCUT2D eigenvalue weighted by Crippen LogP contribution is -2.05. The van der Waals surface area contributed by atoms with E-state index in [4.69, 9.17) is 11.6 Å². The van der Waals surface area contributed by atoms with Crippen molar-refractivity contribution in [3.05, 3.63) is 46.4 Å². The first-order valence-electron chi connectivity index (χ1n) is 5.08. The average Bonchev–Trinajstić information content (AvgIpc) is 3.00. The Morgan fingerprint density at radius 1 is 1.22 bits per heavy atom. The van der Waals surface area contributed by atoms with Gasteiger partial charge in [-0.25, -0.2) is 15.0 Å². The fourth-order valence-electron chi connectivity index (χ4n) is 1.43. The molecule has 3 heterocycles. The van der Waals surface area contributed by atoms with E-state index in [1.807, 2.05) is 5.38 Å². The predicted molar refractivity (Wildman–Crippen MR) is 66.9 cm³/mol. The van der Waals surface area contributed by atoms with Crippen LogP contribution in [0.25, 0.3) is 5.95 Å². The van der Waals surface area contributed by atoms with Gasteiger partial charge in [-0.15, -0.1) is 11.3 Å². The molecule has 8 heteroatoms. The molecule has 3 rings (SSSR count). The number of imidazole rings is 1. The van der Waals surface area contributed by atoms with Gasteiger partial charge in [-0.2, -0.15) is 9.97 Å². The molecule has 0 atom stereocenters. The van der Waals surface area contributed by atoms with Gasteiger partial charge in [-0.1, -0.05) is 0 Å². The Hall–Kier alpha value is -1.86. The van der Waals surface area contributed by atoms with Crippen LogP contribution in [0.15, 0.2) is 30.3 Å². The molecule has 0 aliphatic carbocycles. The van der Waals surface area contributed by atoms with Crippen LogP contribution in [0.3, 0.4) is 0 Å². The highest BCUT2D eigenvalue weighted by Gasteiger charge is 2.08. The molecule has 3 aromatic rings. The van der Waals surface area contributed by atoms with E-state index in [2.05, 4.69) is 24.9 Å². The second kappa shape index (κ2) is 4.79. The molecule has 18 heavy (non-hydrogen) atoms. The first-order chi connectivity index (χ1) is 8.81. The Labute approximate surface area is 111 Å². The topological polar surface area (TPSA) is 69.4 Å². The van der Waals surface area contributed by atoms with Gasteiger partial charge >= 0.3 is 0 Å². The van der Waals surface area contributed by atoms with E-state index in [0.717, 1.165) is 5.01 Å². The summed E-state index contributed by atoms with van der Waals surface area (Å²) in [7, 11) is 0. The Morgan fingerprint density at radius 3 is 2.89 bits per heavy atom. The molecule has 0 unspecified atom stereocenters. The van der Waals surface area contributed by atoms with Gasteiger partial charge in [0.15, 0.2) is 0 Å². The van der Waals surface area contributed by atoms with Crippen LogP contribution in [0.4, 0.5) is 0 Å². The smallest absolute Gasteiger partial charge is 0.239 e. The number of hydrogen-bond donors (Lipinski definition) is 0. The van der Waals surface area contributed by atoms with Crippen molar-refractivity contribution in [2.45, 2.75) is 6.42 Å². The van der Waals surface area contributed by atoms with Crippen LogP contribution < -0.4 is 0 Å². The summed E-state index contributed by atoms with van der Waals surface area (Å²) < 4.78 is 1.68. The first kappa shape index (κ1) is 11.2. The van der Waals surface area contributed by atoms with Crippen molar-refractivity contribution in [2.24, 2.45) is 0 Å². The molecular formula is C10H7ClN6S.